The Labute approximate surface area is 135 Å². The molecule has 0 spiro atoms. The number of carboxylic acids is 1. The SMILES string of the molecule is O=C(O)c1cc(S(=O)(=O)NC[C@@H]2CCCO2)ccc1NC1CC1. The molecule has 0 aromatic heterocycles. The van der Waals surface area contributed by atoms with Crippen molar-refractivity contribution in [2.24, 2.45) is 0 Å². The zero-order chi connectivity index (χ0) is 16.4. The third-order valence-electron chi connectivity index (χ3n) is 3.99. The molecular weight excluding hydrogens is 320 g/mol. The molecule has 23 heavy (non-hydrogen) atoms. The van der Waals surface area contributed by atoms with Gasteiger partial charge in [-0.15, -0.1) is 0 Å². The fraction of sp³-hybridized carbons (Fsp3) is 0.533. The highest BCUT2D eigenvalue weighted by atomic mass is 32.2. The number of anilines is 1. The number of aromatic carboxylic acids is 1. The summed E-state index contributed by atoms with van der Waals surface area (Å²) in [5.41, 5.74) is 0.426. The van der Waals surface area contributed by atoms with E-state index in [1.165, 1.54) is 18.2 Å². The second-order valence-electron chi connectivity index (χ2n) is 5.92. The highest BCUT2D eigenvalue weighted by Gasteiger charge is 2.25. The van der Waals surface area contributed by atoms with E-state index in [1.807, 2.05) is 0 Å². The molecule has 0 radical (unpaired) electrons. The molecule has 126 valence electrons. The highest BCUT2D eigenvalue weighted by molar-refractivity contribution is 7.89. The molecule has 3 N–H and O–H groups in total. The molecule has 1 aliphatic heterocycles. The lowest BCUT2D eigenvalue weighted by Gasteiger charge is -2.13. The third-order valence-corrected chi connectivity index (χ3v) is 5.41. The number of rotatable bonds is 7. The summed E-state index contributed by atoms with van der Waals surface area (Å²) in [4.78, 5) is 11.3. The van der Waals surface area contributed by atoms with Gasteiger partial charge in [0.15, 0.2) is 0 Å². The van der Waals surface area contributed by atoms with E-state index >= 15 is 0 Å². The van der Waals surface area contributed by atoms with E-state index in [9.17, 15) is 18.3 Å². The van der Waals surface area contributed by atoms with E-state index in [4.69, 9.17) is 4.74 Å². The van der Waals surface area contributed by atoms with Gasteiger partial charge in [-0.2, -0.15) is 0 Å². The van der Waals surface area contributed by atoms with E-state index < -0.39 is 16.0 Å². The summed E-state index contributed by atoms with van der Waals surface area (Å²) in [6.07, 6.45) is 3.65. The van der Waals surface area contributed by atoms with Crippen molar-refractivity contribution >= 4 is 21.7 Å². The van der Waals surface area contributed by atoms with Crippen LogP contribution in [0.5, 0.6) is 0 Å². The first-order valence-corrected chi connectivity index (χ1v) is 9.19. The molecule has 2 aliphatic rings. The number of hydrogen-bond donors (Lipinski definition) is 3. The number of carbonyl (C=O) groups is 1. The van der Waals surface area contributed by atoms with Gasteiger partial charge in [-0.25, -0.2) is 17.9 Å². The van der Waals surface area contributed by atoms with Gasteiger partial charge < -0.3 is 15.2 Å². The molecule has 1 aromatic rings. The van der Waals surface area contributed by atoms with Crippen molar-refractivity contribution in [1.82, 2.24) is 4.72 Å². The zero-order valence-corrected chi connectivity index (χ0v) is 13.4. The molecule has 7 nitrogen and oxygen atoms in total. The molecule has 2 fully saturated rings. The molecule has 1 atom stereocenters. The van der Waals surface area contributed by atoms with Crippen molar-refractivity contribution in [3.63, 3.8) is 0 Å². The Kier molecular flexibility index (Phi) is 4.56. The first kappa shape index (κ1) is 16.2. The maximum absolute atomic E-state index is 12.3. The largest absolute Gasteiger partial charge is 0.478 e. The minimum absolute atomic E-state index is 0.0307. The summed E-state index contributed by atoms with van der Waals surface area (Å²) in [7, 11) is -3.75. The van der Waals surface area contributed by atoms with Crippen molar-refractivity contribution in [2.45, 2.75) is 42.7 Å². The van der Waals surface area contributed by atoms with Gasteiger partial charge in [-0.1, -0.05) is 0 Å². The molecule has 0 unspecified atom stereocenters. The van der Waals surface area contributed by atoms with Gasteiger partial charge in [0.25, 0.3) is 0 Å². The smallest absolute Gasteiger partial charge is 0.337 e. The summed E-state index contributed by atoms with van der Waals surface area (Å²) in [6, 6.07) is 4.43. The maximum atomic E-state index is 12.3. The van der Waals surface area contributed by atoms with Crippen molar-refractivity contribution in [1.29, 1.82) is 0 Å². The number of nitrogens with one attached hydrogen (secondary N) is 2. The van der Waals surface area contributed by atoms with Gasteiger partial charge in [0.05, 0.1) is 16.6 Å². The van der Waals surface area contributed by atoms with Crippen LogP contribution in [0.25, 0.3) is 0 Å². The average molecular weight is 340 g/mol. The van der Waals surface area contributed by atoms with Crippen LogP contribution in [0.1, 0.15) is 36.0 Å². The second-order valence-corrected chi connectivity index (χ2v) is 7.69. The number of hydrogen-bond acceptors (Lipinski definition) is 5. The third kappa shape index (κ3) is 4.01. The number of ether oxygens (including phenoxy) is 1. The molecule has 1 saturated carbocycles. The first-order valence-electron chi connectivity index (χ1n) is 7.71. The van der Waals surface area contributed by atoms with Gasteiger partial charge >= 0.3 is 5.97 Å². The molecule has 0 bridgehead atoms. The van der Waals surface area contributed by atoms with Gasteiger partial charge in [0, 0.05) is 24.9 Å². The Balaban J connectivity index is 1.77. The molecule has 1 heterocycles. The minimum atomic E-state index is -3.75. The van der Waals surface area contributed by atoms with E-state index in [1.54, 1.807) is 0 Å². The molecule has 3 rings (SSSR count). The Hall–Kier alpha value is -1.64. The molecule has 1 aliphatic carbocycles. The fourth-order valence-corrected chi connectivity index (χ4v) is 3.62. The highest BCUT2D eigenvalue weighted by Crippen LogP contribution is 2.28. The van der Waals surface area contributed by atoms with Crippen LogP contribution in [0.3, 0.4) is 0 Å². The predicted molar refractivity (Wildman–Crippen MR) is 84.2 cm³/mol. The number of benzene rings is 1. The normalized spacial score (nSPS) is 21.3. The quantitative estimate of drug-likeness (QED) is 0.693. The summed E-state index contributed by atoms with van der Waals surface area (Å²) >= 11 is 0. The lowest BCUT2D eigenvalue weighted by molar-refractivity contribution is 0.0697. The first-order chi connectivity index (χ1) is 11.0. The lowest BCUT2D eigenvalue weighted by Crippen LogP contribution is -2.32. The topological polar surface area (TPSA) is 105 Å². The van der Waals surface area contributed by atoms with Crippen LogP contribution >= 0.6 is 0 Å². The summed E-state index contributed by atoms with van der Waals surface area (Å²) in [5, 5.41) is 12.4. The van der Waals surface area contributed by atoms with Crippen molar-refractivity contribution in [3.05, 3.63) is 23.8 Å². The zero-order valence-electron chi connectivity index (χ0n) is 12.6. The van der Waals surface area contributed by atoms with E-state index in [2.05, 4.69) is 10.0 Å². The van der Waals surface area contributed by atoms with Gasteiger partial charge in [0.1, 0.15) is 0 Å². The molecule has 1 saturated heterocycles. The Morgan fingerprint density at radius 2 is 2.09 bits per heavy atom. The van der Waals surface area contributed by atoms with Crippen LogP contribution in [0, 0.1) is 0 Å². The lowest BCUT2D eigenvalue weighted by atomic mass is 10.2. The van der Waals surface area contributed by atoms with Crippen LogP contribution < -0.4 is 10.0 Å². The van der Waals surface area contributed by atoms with Gasteiger partial charge in [0.2, 0.25) is 10.0 Å². The number of sulfonamides is 1. The minimum Gasteiger partial charge on any atom is -0.478 e. The standard InChI is InChI=1S/C15H20N2O5S/c18-15(19)13-8-12(5-6-14(13)17-10-3-4-10)23(20,21)16-9-11-2-1-7-22-11/h5-6,8,10-11,16-17H,1-4,7,9H2,(H,18,19)/t11-/m0/s1. The van der Waals surface area contributed by atoms with Crippen molar-refractivity contribution in [2.75, 3.05) is 18.5 Å². The van der Waals surface area contributed by atoms with Crippen LogP contribution in [-0.4, -0.2) is 44.8 Å². The number of carboxylic acid groups (broad SMARTS) is 1. The van der Waals surface area contributed by atoms with E-state index in [-0.39, 0.29) is 29.1 Å². The van der Waals surface area contributed by atoms with E-state index in [0.717, 1.165) is 25.7 Å². The predicted octanol–water partition coefficient (Wildman–Crippen LogP) is 1.42. The average Bonchev–Trinajstić information content (AvgIpc) is 3.16. The molecule has 8 heteroatoms. The van der Waals surface area contributed by atoms with Crippen molar-refractivity contribution < 1.29 is 23.1 Å². The van der Waals surface area contributed by atoms with Crippen LogP contribution in [-0.2, 0) is 14.8 Å². The molecule has 0 amide bonds. The molecule has 1 aromatic carbocycles. The second kappa shape index (κ2) is 6.46. The monoisotopic (exact) mass is 340 g/mol. The molecular formula is C15H20N2O5S. The Morgan fingerprint density at radius 1 is 1.30 bits per heavy atom. The van der Waals surface area contributed by atoms with Gasteiger partial charge in [-0.3, -0.25) is 0 Å². The maximum Gasteiger partial charge on any atom is 0.337 e. The van der Waals surface area contributed by atoms with E-state index in [0.29, 0.717) is 12.3 Å². The van der Waals surface area contributed by atoms with Crippen LogP contribution in [0.4, 0.5) is 5.69 Å². The summed E-state index contributed by atoms with van der Waals surface area (Å²) in [6.45, 7) is 0.851. The Bertz CT molecular complexity index is 694. The summed E-state index contributed by atoms with van der Waals surface area (Å²) in [5.74, 6) is -1.15. The van der Waals surface area contributed by atoms with Crippen LogP contribution in [0.2, 0.25) is 0 Å². The van der Waals surface area contributed by atoms with Crippen molar-refractivity contribution in [3.8, 4) is 0 Å². The summed E-state index contributed by atoms with van der Waals surface area (Å²) < 4.78 is 32.5. The Morgan fingerprint density at radius 3 is 2.70 bits per heavy atom. The fourth-order valence-electron chi connectivity index (χ4n) is 2.53. The van der Waals surface area contributed by atoms with Gasteiger partial charge in [-0.05, 0) is 43.9 Å². The van der Waals surface area contributed by atoms with Crippen LogP contribution in [0.15, 0.2) is 23.1 Å².